The van der Waals surface area contributed by atoms with Crippen LogP contribution in [0.25, 0.3) is 11.0 Å². The first-order valence-corrected chi connectivity index (χ1v) is 8.52. The van der Waals surface area contributed by atoms with Crippen molar-refractivity contribution in [1.29, 1.82) is 0 Å². The van der Waals surface area contributed by atoms with E-state index in [1.165, 1.54) is 12.1 Å². The molecule has 0 aliphatic carbocycles. The molecule has 26 heavy (non-hydrogen) atoms. The highest BCUT2D eigenvalue weighted by atomic mass is 35.5. The van der Waals surface area contributed by atoms with E-state index in [1.54, 1.807) is 23.9 Å². The largest absolute Gasteiger partial charge is 0.380 e. The zero-order chi connectivity index (χ0) is 18.5. The lowest BCUT2D eigenvalue weighted by Crippen LogP contribution is -2.09. The molecule has 7 nitrogen and oxygen atoms in total. The molecule has 138 valence electrons. The highest BCUT2D eigenvalue weighted by Crippen LogP contribution is 2.28. The van der Waals surface area contributed by atoms with Crippen molar-refractivity contribution in [1.82, 2.24) is 19.7 Å². The Morgan fingerprint density at radius 1 is 1.23 bits per heavy atom. The van der Waals surface area contributed by atoms with Crippen molar-refractivity contribution in [3.05, 3.63) is 41.1 Å². The van der Waals surface area contributed by atoms with Crippen LogP contribution in [-0.2, 0) is 22.6 Å². The van der Waals surface area contributed by atoms with E-state index in [4.69, 9.17) is 21.1 Å². The van der Waals surface area contributed by atoms with Gasteiger partial charge in [0.1, 0.15) is 22.5 Å². The predicted molar refractivity (Wildman–Crippen MR) is 97.2 cm³/mol. The number of rotatable bonds is 8. The van der Waals surface area contributed by atoms with E-state index in [-0.39, 0.29) is 11.1 Å². The lowest BCUT2D eigenvalue weighted by molar-refractivity contribution is 0.136. The summed E-state index contributed by atoms with van der Waals surface area (Å²) in [6, 6.07) is 5.97. The van der Waals surface area contributed by atoms with Gasteiger partial charge in [0.15, 0.2) is 5.82 Å². The molecule has 1 N–H and O–H groups in total. The minimum atomic E-state index is -0.314. The van der Waals surface area contributed by atoms with Crippen LogP contribution < -0.4 is 5.32 Å². The normalized spacial score (nSPS) is 11.2. The average Bonchev–Trinajstić information content (AvgIpc) is 2.95. The monoisotopic (exact) mass is 379 g/mol. The van der Waals surface area contributed by atoms with Crippen molar-refractivity contribution in [3.63, 3.8) is 0 Å². The number of anilines is 2. The van der Waals surface area contributed by atoms with Crippen molar-refractivity contribution in [2.75, 3.05) is 25.6 Å². The number of methoxy groups -OCH3 is 1. The van der Waals surface area contributed by atoms with Crippen LogP contribution in [0.3, 0.4) is 0 Å². The van der Waals surface area contributed by atoms with Gasteiger partial charge in [-0.15, -0.1) is 0 Å². The van der Waals surface area contributed by atoms with Crippen LogP contribution in [0.5, 0.6) is 0 Å². The van der Waals surface area contributed by atoms with Crippen molar-refractivity contribution in [2.45, 2.75) is 20.1 Å². The van der Waals surface area contributed by atoms with E-state index in [2.05, 4.69) is 20.4 Å². The summed E-state index contributed by atoms with van der Waals surface area (Å²) in [4.78, 5) is 8.60. The summed E-state index contributed by atoms with van der Waals surface area (Å²) >= 11 is 6.10. The van der Waals surface area contributed by atoms with Gasteiger partial charge in [-0.2, -0.15) is 10.1 Å². The third kappa shape index (κ3) is 4.09. The average molecular weight is 380 g/mol. The summed E-state index contributed by atoms with van der Waals surface area (Å²) in [5, 5.41) is 7.80. The van der Waals surface area contributed by atoms with Crippen LogP contribution in [0.1, 0.15) is 12.6 Å². The fraction of sp³-hybridized carbons (Fsp3) is 0.353. The number of halogens is 2. The van der Waals surface area contributed by atoms with Crippen LogP contribution in [-0.4, -0.2) is 40.1 Å². The molecule has 0 saturated heterocycles. The SMILES string of the molecule is CCOCCn1nc(COC)c2nc(Cl)nc(Nc3ccc(F)cc3)c21. The summed E-state index contributed by atoms with van der Waals surface area (Å²) in [7, 11) is 1.59. The van der Waals surface area contributed by atoms with Gasteiger partial charge in [0.25, 0.3) is 0 Å². The molecule has 0 saturated carbocycles. The van der Waals surface area contributed by atoms with E-state index >= 15 is 0 Å². The molecule has 3 rings (SSSR count). The Balaban J connectivity index is 2.06. The zero-order valence-corrected chi connectivity index (χ0v) is 15.3. The molecule has 3 aromatic rings. The first-order chi connectivity index (χ1) is 12.6. The quantitative estimate of drug-likeness (QED) is 0.476. The number of fused-ring (bicyclic) bond motifs is 1. The predicted octanol–water partition coefficient (Wildman–Crippen LogP) is 3.55. The van der Waals surface area contributed by atoms with Crippen LogP contribution in [0.15, 0.2) is 24.3 Å². The maximum absolute atomic E-state index is 13.2. The molecule has 0 aliphatic heterocycles. The molecule has 2 aromatic heterocycles. The smallest absolute Gasteiger partial charge is 0.225 e. The van der Waals surface area contributed by atoms with Crippen LogP contribution in [0, 0.1) is 5.82 Å². The van der Waals surface area contributed by atoms with Gasteiger partial charge in [0.05, 0.1) is 19.8 Å². The summed E-state index contributed by atoms with van der Waals surface area (Å²) in [6.07, 6.45) is 0. The van der Waals surface area contributed by atoms with Crippen LogP contribution in [0.4, 0.5) is 15.9 Å². The van der Waals surface area contributed by atoms with Gasteiger partial charge in [-0.25, -0.2) is 9.37 Å². The first-order valence-electron chi connectivity index (χ1n) is 8.14. The van der Waals surface area contributed by atoms with Crippen molar-refractivity contribution in [3.8, 4) is 0 Å². The fourth-order valence-electron chi connectivity index (χ4n) is 2.56. The number of hydrogen-bond acceptors (Lipinski definition) is 6. The minimum Gasteiger partial charge on any atom is -0.380 e. The molecule has 0 bridgehead atoms. The molecule has 0 fully saturated rings. The summed E-state index contributed by atoms with van der Waals surface area (Å²) in [5.41, 5.74) is 2.62. The molecular formula is C17H19ClFN5O2. The first kappa shape index (κ1) is 18.5. The third-order valence-corrected chi connectivity index (χ3v) is 3.84. The Bertz CT molecular complexity index is 885. The van der Waals surface area contributed by atoms with Gasteiger partial charge in [0, 0.05) is 19.4 Å². The highest BCUT2D eigenvalue weighted by Gasteiger charge is 2.18. The summed E-state index contributed by atoms with van der Waals surface area (Å²) < 4.78 is 25.6. The second-order valence-electron chi connectivity index (χ2n) is 5.47. The van der Waals surface area contributed by atoms with Crippen LogP contribution >= 0.6 is 11.6 Å². The fourth-order valence-corrected chi connectivity index (χ4v) is 2.73. The summed E-state index contributed by atoms with van der Waals surface area (Å²) in [6.45, 7) is 3.87. The lowest BCUT2D eigenvalue weighted by Gasteiger charge is -2.10. The molecule has 0 spiro atoms. The number of benzene rings is 1. The zero-order valence-electron chi connectivity index (χ0n) is 14.5. The Labute approximate surface area is 155 Å². The van der Waals surface area contributed by atoms with Crippen molar-refractivity contribution < 1.29 is 13.9 Å². The van der Waals surface area contributed by atoms with E-state index in [0.717, 1.165) is 0 Å². The number of aromatic nitrogens is 4. The van der Waals surface area contributed by atoms with Gasteiger partial charge in [-0.3, -0.25) is 4.68 Å². The van der Waals surface area contributed by atoms with Gasteiger partial charge >= 0.3 is 0 Å². The lowest BCUT2D eigenvalue weighted by atomic mass is 10.3. The number of nitrogens with one attached hydrogen (secondary N) is 1. The molecular weight excluding hydrogens is 361 g/mol. The molecule has 2 heterocycles. The van der Waals surface area contributed by atoms with Gasteiger partial charge in [-0.1, -0.05) is 0 Å². The van der Waals surface area contributed by atoms with E-state index in [0.29, 0.717) is 54.6 Å². The maximum atomic E-state index is 13.2. The highest BCUT2D eigenvalue weighted by molar-refractivity contribution is 6.28. The van der Waals surface area contributed by atoms with Gasteiger partial charge in [0.2, 0.25) is 5.28 Å². The number of nitrogens with zero attached hydrogens (tertiary/aromatic N) is 4. The molecule has 0 atom stereocenters. The molecule has 1 aromatic carbocycles. The second-order valence-corrected chi connectivity index (χ2v) is 5.81. The molecule has 9 heteroatoms. The Morgan fingerprint density at radius 2 is 2.00 bits per heavy atom. The number of ether oxygens (including phenoxy) is 2. The molecule has 0 amide bonds. The molecule has 0 aliphatic rings. The van der Waals surface area contributed by atoms with E-state index in [9.17, 15) is 4.39 Å². The topological polar surface area (TPSA) is 74.1 Å². The Hall–Kier alpha value is -2.29. The number of hydrogen-bond donors (Lipinski definition) is 1. The summed E-state index contributed by atoms with van der Waals surface area (Å²) in [5.74, 6) is 0.170. The molecule has 0 unspecified atom stereocenters. The Morgan fingerprint density at radius 3 is 2.69 bits per heavy atom. The van der Waals surface area contributed by atoms with Gasteiger partial charge in [-0.05, 0) is 42.8 Å². The van der Waals surface area contributed by atoms with Crippen LogP contribution in [0.2, 0.25) is 5.28 Å². The minimum absolute atomic E-state index is 0.0869. The standard InChI is InChI=1S/C17H19ClFN5O2/c1-3-26-9-8-24-15-14(13(23-24)10-25-2)21-17(18)22-16(15)20-12-6-4-11(19)5-7-12/h4-7H,3,8-10H2,1-2H3,(H,20,21,22). The third-order valence-electron chi connectivity index (χ3n) is 3.67. The maximum Gasteiger partial charge on any atom is 0.225 e. The van der Waals surface area contributed by atoms with Gasteiger partial charge < -0.3 is 14.8 Å². The van der Waals surface area contributed by atoms with Crippen molar-refractivity contribution in [2.24, 2.45) is 0 Å². The van der Waals surface area contributed by atoms with Crippen molar-refractivity contribution >= 4 is 34.1 Å². The Kier molecular flexibility index (Phi) is 5.97. The van der Waals surface area contributed by atoms with E-state index < -0.39 is 0 Å². The second kappa shape index (κ2) is 8.39. The molecule has 0 radical (unpaired) electrons. The van der Waals surface area contributed by atoms with E-state index in [1.807, 2.05) is 6.92 Å².